The van der Waals surface area contributed by atoms with Crippen LogP contribution in [0.1, 0.15) is 16.1 Å². The van der Waals surface area contributed by atoms with E-state index in [9.17, 15) is 0 Å². The van der Waals surface area contributed by atoms with Gasteiger partial charge in [0.2, 0.25) is 0 Å². The summed E-state index contributed by atoms with van der Waals surface area (Å²) >= 11 is 1.67. The Kier molecular flexibility index (Phi) is 3.59. The summed E-state index contributed by atoms with van der Waals surface area (Å²) in [6.45, 7) is 4.12. The average molecular weight is 333 g/mol. The van der Waals surface area contributed by atoms with E-state index in [1.54, 1.807) is 11.3 Å². The minimum absolute atomic E-state index is 0.185. The molecule has 2 aromatic carbocycles. The summed E-state index contributed by atoms with van der Waals surface area (Å²) < 4.78 is 0.185. The Balaban J connectivity index is 1.91. The van der Waals surface area contributed by atoms with Crippen LogP contribution in [0.4, 0.5) is 10.8 Å². The van der Waals surface area contributed by atoms with Crippen molar-refractivity contribution in [1.82, 2.24) is 9.58 Å². The van der Waals surface area contributed by atoms with E-state index < -0.39 is 0 Å². The van der Waals surface area contributed by atoms with Crippen molar-refractivity contribution in [1.29, 1.82) is 0 Å². The highest BCUT2D eigenvalue weighted by Crippen LogP contribution is 2.44. The van der Waals surface area contributed by atoms with Crippen LogP contribution in [0.2, 0.25) is 0 Å². The van der Waals surface area contributed by atoms with Gasteiger partial charge >= 0.3 is 5.13 Å². The maximum absolute atomic E-state index is 4.76. The molecule has 4 rings (SSSR count). The van der Waals surface area contributed by atoms with E-state index in [4.69, 9.17) is 4.98 Å². The zero-order valence-electron chi connectivity index (χ0n) is 13.5. The molecule has 1 aliphatic rings. The predicted molar refractivity (Wildman–Crippen MR) is 98.8 cm³/mol. The molecule has 2 heterocycles. The molecule has 24 heavy (non-hydrogen) atoms. The van der Waals surface area contributed by atoms with Crippen LogP contribution in [0.3, 0.4) is 0 Å². The number of hydrogen-bond acceptors (Lipinski definition) is 4. The van der Waals surface area contributed by atoms with Crippen molar-refractivity contribution >= 4 is 27.9 Å². The molecular formula is C19H17N4S+. The average Bonchev–Trinajstić information content (AvgIpc) is 3.22. The van der Waals surface area contributed by atoms with Gasteiger partial charge in [-0.3, -0.25) is 0 Å². The molecule has 0 saturated carbocycles. The molecule has 0 radical (unpaired) electrons. The molecule has 0 saturated heterocycles. The second kappa shape index (κ2) is 5.78. The zero-order chi connectivity index (χ0) is 16.6. The molecule has 0 amide bonds. The number of quaternary nitrogens is 1. The number of thiazole rings is 1. The molecule has 1 atom stereocenters. The van der Waals surface area contributed by atoms with Crippen molar-refractivity contribution < 1.29 is 0 Å². The summed E-state index contributed by atoms with van der Waals surface area (Å²) in [6, 6.07) is 20.3. The highest BCUT2D eigenvalue weighted by atomic mass is 32.1. The van der Waals surface area contributed by atoms with Gasteiger partial charge in [0.1, 0.15) is 0 Å². The summed E-state index contributed by atoms with van der Waals surface area (Å²) in [5.41, 5.74) is 3.99. The zero-order valence-corrected chi connectivity index (χ0v) is 14.4. The lowest BCUT2D eigenvalue weighted by atomic mass is 10.2. The maximum Gasteiger partial charge on any atom is 0.325 e. The molecule has 1 unspecified atom stereocenters. The molecule has 118 valence electrons. The van der Waals surface area contributed by atoms with Crippen LogP contribution < -0.4 is 4.59 Å². The lowest BCUT2D eigenvalue weighted by Gasteiger charge is -2.19. The molecule has 0 N–H and O–H groups in total. The Morgan fingerprint density at radius 3 is 2.17 bits per heavy atom. The van der Waals surface area contributed by atoms with Crippen LogP contribution >= 0.6 is 11.3 Å². The lowest BCUT2D eigenvalue weighted by Crippen LogP contribution is -2.29. The Labute approximate surface area is 145 Å². The number of benzene rings is 2. The van der Waals surface area contributed by atoms with Gasteiger partial charge in [0.05, 0.1) is 5.69 Å². The van der Waals surface area contributed by atoms with Crippen LogP contribution in [0.15, 0.2) is 77.2 Å². The number of aromatic nitrogens is 1. The maximum atomic E-state index is 4.76. The topological polar surface area (TPSA) is 37.6 Å². The van der Waals surface area contributed by atoms with Gasteiger partial charge in [-0.15, -0.1) is 0 Å². The fourth-order valence-electron chi connectivity index (χ4n) is 2.68. The van der Waals surface area contributed by atoms with E-state index in [-0.39, 0.29) is 4.59 Å². The van der Waals surface area contributed by atoms with Crippen molar-refractivity contribution in [3.63, 3.8) is 0 Å². The minimum Gasteiger partial charge on any atom is -0.188 e. The quantitative estimate of drug-likeness (QED) is 0.560. The SMILES string of the molecule is Cc1nc([N+]2(c3ccccc3)C=C(c3ccccc3)N=N2)sc1C. The van der Waals surface area contributed by atoms with Crippen molar-refractivity contribution in [2.45, 2.75) is 13.8 Å². The normalized spacial score (nSPS) is 19.5. The van der Waals surface area contributed by atoms with E-state index in [2.05, 4.69) is 35.6 Å². The fourth-order valence-corrected chi connectivity index (χ4v) is 3.66. The largest absolute Gasteiger partial charge is 0.325 e. The van der Waals surface area contributed by atoms with Crippen molar-refractivity contribution in [3.05, 3.63) is 83.0 Å². The van der Waals surface area contributed by atoms with E-state index in [1.807, 2.05) is 55.5 Å². The van der Waals surface area contributed by atoms with Crippen LogP contribution in [0.5, 0.6) is 0 Å². The highest BCUT2D eigenvalue weighted by Gasteiger charge is 2.41. The van der Waals surface area contributed by atoms with Gasteiger partial charge in [-0.05, 0) is 13.8 Å². The van der Waals surface area contributed by atoms with Gasteiger partial charge in [0.25, 0.3) is 0 Å². The second-order valence-electron chi connectivity index (χ2n) is 5.73. The monoisotopic (exact) mass is 333 g/mol. The number of rotatable bonds is 3. The highest BCUT2D eigenvalue weighted by molar-refractivity contribution is 7.15. The van der Waals surface area contributed by atoms with Gasteiger partial charge in [0, 0.05) is 27.8 Å². The Morgan fingerprint density at radius 2 is 1.54 bits per heavy atom. The molecule has 0 spiro atoms. The standard InChI is InChI=1S/C19H17N4S/c1-14-15(2)24-19(20-14)23(17-11-7-4-8-12-17)13-18(21-22-23)16-9-5-3-6-10-16/h3-13H,1-2H3/q+1. The molecule has 4 nitrogen and oxygen atoms in total. The number of aryl methyl sites for hydroxylation is 2. The van der Waals surface area contributed by atoms with Gasteiger partial charge < -0.3 is 0 Å². The third kappa shape index (κ3) is 2.38. The van der Waals surface area contributed by atoms with Crippen LogP contribution in [0, 0.1) is 13.8 Å². The smallest absolute Gasteiger partial charge is 0.188 e. The molecule has 1 aliphatic heterocycles. The third-order valence-corrected chi connectivity index (χ3v) is 5.28. The first-order valence-electron chi connectivity index (χ1n) is 7.79. The van der Waals surface area contributed by atoms with Gasteiger partial charge in [-0.25, -0.2) is 0 Å². The number of hydrogen-bond donors (Lipinski definition) is 0. The van der Waals surface area contributed by atoms with E-state index >= 15 is 0 Å². The predicted octanol–water partition coefficient (Wildman–Crippen LogP) is 5.78. The van der Waals surface area contributed by atoms with Gasteiger partial charge in [0.15, 0.2) is 17.6 Å². The molecule has 1 aromatic heterocycles. The second-order valence-corrected chi connectivity index (χ2v) is 6.91. The van der Waals surface area contributed by atoms with Crippen molar-refractivity contribution in [2.24, 2.45) is 10.3 Å². The first kappa shape index (κ1) is 14.9. The molecule has 3 aromatic rings. The van der Waals surface area contributed by atoms with E-state index in [0.29, 0.717) is 0 Å². The first-order chi connectivity index (χ1) is 11.7. The van der Waals surface area contributed by atoms with Crippen molar-refractivity contribution in [2.75, 3.05) is 0 Å². The molecule has 0 aliphatic carbocycles. The summed E-state index contributed by atoms with van der Waals surface area (Å²) in [6.07, 6.45) is 2.07. The fraction of sp³-hybridized carbons (Fsp3) is 0.105. The first-order valence-corrected chi connectivity index (χ1v) is 8.61. The van der Waals surface area contributed by atoms with Crippen LogP contribution in [-0.2, 0) is 0 Å². The summed E-state index contributed by atoms with van der Waals surface area (Å²) in [5.74, 6) is 0. The van der Waals surface area contributed by atoms with E-state index in [0.717, 1.165) is 27.8 Å². The Hall–Kier alpha value is -2.63. The summed E-state index contributed by atoms with van der Waals surface area (Å²) in [4.78, 5) is 5.97. The molecule has 0 fully saturated rings. The van der Waals surface area contributed by atoms with E-state index in [1.165, 1.54) is 4.88 Å². The number of nitrogens with zero attached hydrogens (tertiary/aromatic N) is 4. The molecule has 5 heteroatoms. The summed E-state index contributed by atoms with van der Waals surface area (Å²) in [5, 5.41) is 10.0. The third-order valence-electron chi connectivity index (χ3n) is 4.13. The van der Waals surface area contributed by atoms with Gasteiger partial charge in [-0.2, -0.15) is 4.98 Å². The Bertz CT molecular complexity index is 909. The van der Waals surface area contributed by atoms with Crippen LogP contribution in [0.25, 0.3) is 5.70 Å². The lowest BCUT2D eigenvalue weighted by molar-refractivity contribution is 0.524. The number of para-hydroxylation sites is 1. The van der Waals surface area contributed by atoms with Crippen LogP contribution in [-0.4, -0.2) is 4.98 Å². The van der Waals surface area contributed by atoms with Gasteiger partial charge in [-0.1, -0.05) is 69.6 Å². The molecule has 0 bridgehead atoms. The van der Waals surface area contributed by atoms with Crippen molar-refractivity contribution in [3.8, 4) is 0 Å². The summed E-state index contributed by atoms with van der Waals surface area (Å²) in [7, 11) is 0. The minimum atomic E-state index is 0.185. The molecular weight excluding hydrogens is 316 g/mol. The Morgan fingerprint density at radius 1 is 0.875 bits per heavy atom.